The van der Waals surface area contributed by atoms with Crippen LogP contribution in [-0.4, -0.2) is 72.0 Å². The van der Waals surface area contributed by atoms with Crippen molar-refractivity contribution in [3.63, 3.8) is 0 Å². The van der Waals surface area contributed by atoms with Crippen molar-refractivity contribution in [2.24, 2.45) is 5.92 Å². The largest absolute Gasteiger partial charge is 0.343 e. The number of H-pyrrole nitrogens is 1. The number of hydrogen-bond donors (Lipinski definition) is 2. The summed E-state index contributed by atoms with van der Waals surface area (Å²) in [7, 11) is 3.53. The number of aromatic nitrogens is 2. The number of likely N-dealkylation sites (tertiary alicyclic amines) is 1. The number of piperidine rings is 2. The molecule has 0 radical (unpaired) electrons. The van der Waals surface area contributed by atoms with Crippen LogP contribution in [0.3, 0.4) is 0 Å². The Bertz CT molecular complexity index is 547. The standard InChI is InChI=1S/C18H31N5O/c1-13-10-14(4-7-19-13)12-23-8-5-15(6-9-23)17-20-11-16(21-17)18(24)22(2)3/h11,13-15,19H,4-10,12H2,1-3H3,(H,20,21). The van der Waals surface area contributed by atoms with Crippen molar-refractivity contribution in [1.82, 2.24) is 25.1 Å². The molecule has 1 aromatic heterocycles. The molecule has 3 heterocycles. The van der Waals surface area contributed by atoms with Gasteiger partial charge in [0.2, 0.25) is 0 Å². The van der Waals surface area contributed by atoms with Crippen molar-refractivity contribution in [3.05, 3.63) is 17.7 Å². The van der Waals surface area contributed by atoms with Crippen molar-refractivity contribution in [2.75, 3.05) is 40.3 Å². The molecule has 0 aromatic carbocycles. The topological polar surface area (TPSA) is 64.3 Å². The average Bonchev–Trinajstić information content (AvgIpc) is 3.04. The molecule has 0 saturated carbocycles. The van der Waals surface area contributed by atoms with Gasteiger partial charge in [-0.15, -0.1) is 0 Å². The molecule has 134 valence electrons. The number of amides is 1. The first-order chi connectivity index (χ1) is 11.5. The van der Waals surface area contributed by atoms with Gasteiger partial charge in [-0.25, -0.2) is 4.98 Å². The monoisotopic (exact) mass is 333 g/mol. The minimum absolute atomic E-state index is 0.00814. The van der Waals surface area contributed by atoms with Gasteiger partial charge < -0.3 is 20.1 Å². The van der Waals surface area contributed by atoms with E-state index in [9.17, 15) is 4.79 Å². The highest BCUT2D eigenvalue weighted by Gasteiger charge is 2.26. The summed E-state index contributed by atoms with van der Waals surface area (Å²) in [6.07, 6.45) is 6.54. The maximum Gasteiger partial charge on any atom is 0.271 e. The molecule has 0 spiro atoms. The third-order valence-corrected chi connectivity index (χ3v) is 5.46. The molecule has 2 aliphatic heterocycles. The lowest BCUT2D eigenvalue weighted by molar-refractivity contribution is 0.0822. The zero-order valence-corrected chi connectivity index (χ0v) is 15.2. The molecule has 24 heavy (non-hydrogen) atoms. The van der Waals surface area contributed by atoms with E-state index in [1.54, 1.807) is 25.2 Å². The van der Waals surface area contributed by atoms with E-state index in [2.05, 4.69) is 27.1 Å². The van der Waals surface area contributed by atoms with E-state index in [0.29, 0.717) is 17.7 Å². The summed E-state index contributed by atoms with van der Waals surface area (Å²) in [4.78, 5) is 23.9. The van der Waals surface area contributed by atoms with Gasteiger partial charge >= 0.3 is 0 Å². The lowest BCUT2D eigenvalue weighted by Gasteiger charge is -2.36. The van der Waals surface area contributed by atoms with Crippen LogP contribution in [-0.2, 0) is 0 Å². The van der Waals surface area contributed by atoms with E-state index in [1.807, 2.05) is 0 Å². The molecular formula is C18H31N5O. The highest BCUT2D eigenvalue weighted by Crippen LogP contribution is 2.27. The maximum atomic E-state index is 12.0. The molecule has 2 atom stereocenters. The van der Waals surface area contributed by atoms with E-state index in [0.717, 1.165) is 44.2 Å². The highest BCUT2D eigenvalue weighted by molar-refractivity contribution is 5.91. The number of carbonyl (C=O) groups is 1. The van der Waals surface area contributed by atoms with Crippen LogP contribution in [0, 0.1) is 5.92 Å². The van der Waals surface area contributed by atoms with Crippen molar-refractivity contribution in [3.8, 4) is 0 Å². The van der Waals surface area contributed by atoms with Crippen LogP contribution >= 0.6 is 0 Å². The third kappa shape index (κ3) is 4.16. The normalized spacial score (nSPS) is 26.5. The Labute approximate surface area is 145 Å². The van der Waals surface area contributed by atoms with E-state index >= 15 is 0 Å². The highest BCUT2D eigenvalue weighted by atomic mass is 16.2. The fraction of sp³-hybridized carbons (Fsp3) is 0.778. The minimum atomic E-state index is -0.00814. The number of imidazole rings is 1. The fourth-order valence-electron chi connectivity index (χ4n) is 4.05. The number of carbonyl (C=O) groups excluding carboxylic acids is 1. The van der Waals surface area contributed by atoms with Crippen LogP contribution in [0.15, 0.2) is 6.20 Å². The molecule has 0 aliphatic carbocycles. The van der Waals surface area contributed by atoms with Gasteiger partial charge in [0.25, 0.3) is 5.91 Å². The van der Waals surface area contributed by atoms with Gasteiger partial charge in [-0.05, 0) is 58.2 Å². The SMILES string of the molecule is CC1CC(CN2CCC(c3ncc(C(=O)N(C)C)[nH]3)CC2)CCN1. The first-order valence-corrected chi connectivity index (χ1v) is 9.25. The van der Waals surface area contributed by atoms with Crippen molar-refractivity contribution < 1.29 is 4.79 Å². The summed E-state index contributed by atoms with van der Waals surface area (Å²) in [5.41, 5.74) is 0.598. The summed E-state index contributed by atoms with van der Waals surface area (Å²) >= 11 is 0. The maximum absolute atomic E-state index is 12.0. The number of aromatic amines is 1. The Morgan fingerprint density at radius 3 is 2.75 bits per heavy atom. The van der Waals surface area contributed by atoms with Crippen LogP contribution in [0.25, 0.3) is 0 Å². The first-order valence-electron chi connectivity index (χ1n) is 9.25. The molecule has 2 saturated heterocycles. The predicted molar refractivity (Wildman–Crippen MR) is 95.2 cm³/mol. The van der Waals surface area contributed by atoms with Gasteiger partial charge in [0, 0.05) is 32.6 Å². The molecule has 6 nitrogen and oxygen atoms in total. The summed E-state index contributed by atoms with van der Waals surface area (Å²) < 4.78 is 0. The second-order valence-corrected chi connectivity index (χ2v) is 7.70. The number of hydrogen-bond acceptors (Lipinski definition) is 4. The zero-order valence-electron chi connectivity index (χ0n) is 15.2. The molecule has 2 fully saturated rings. The first kappa shape index (κ1) is 17.4. The molecule has 2 aliphatic rings. The van der Waals surface area contributed by atoms with Gasteiger partial charge in [0.1, 0.15) is 11.5 Å². The molecule has 1 amide bonds. The van der Waals surface area contributed by atoms with Crippen molar-refractivity contribution in [1.29, 1.82) is 0 Å². The fourth-order valence-corrected chi connectivity index (χ4v) is 4.05. The molecular weight excluding hydrogens is 302 g/mol. The summed E-state index contributed by atoms with van der Waals surface area (Å²) in [6.45, 7) is 6.97. The van der Waals surface area contributed by atoms with Crippen molar-refractivity contribution in [2.45, 2.75) is 44.6 Å². The quantitative estimate of drug-likeness (QED) is 0.880. The van der Waals surface area contributed by atoms with Gasteiger partial charge in [0.05, 0.1) is 6.20 Å². The molecule has 0 bridgehead atoms. The summed E-state index contributed by atoms with van der Waals surface area (Å²) in [5, 5.41) is 3.54. The van der Waals surface area contributed by atoms with E-state index in [-0.39, 0.29) is 5.91 Å². The third-order valence-electron chi connectivity index (χ3n) is 5.46. The van der Waals surface area contributed by atoms with Crippen LogP contribution < -0.4 is 5.32 Å². The molecule has 1 aromatic rings. The molecule has 2 unspecified atom stereocenters. The van der Waals surface area contributed by atoms with Crippen LogP contribution in [0.5, 0.6) is 0 Å². The summed E-state index contributed by atoms with van der Waals surface area (Å²) in [6, 6.07) is 0.664. The number of nitrogens with zero attached hydrogens (tertiary/aromatic N) is 3. The van der Waals surface area contributed by atoms with Gasteiger partial charge in [-0.3, -0.25) is 4.79 Å². The zero-order chi connectivity index (χ0) is 17.1. The van der Waals surface area contributed by atoms with Gasteiger partial charge in [-0.2, -0.15) is 0 Å². The second-order valence-electron chi connectivity index (χ2n) is 7.70. The van der Waals surface area contributed by atoms with E-state index in [1.165, 1.54) is 19.4 Å². The number of nitrogens with one attached hydrogen (secondary N) is 2. The number of rotatable bonds is 4. The van der Waals surface area contributed by atoms with E-state index < -0.39 is 0 Å². The Morgan fingerprint density at radius 1 is 1.33 bits per heavy atom. The van der Waals surface area contributed by atoms with Crippen LogP contribution in [0.1, 0.15) is 54.8 Å². The lowest BCUT2D eigenvalue weighted by atomic mass is 9.90. The second kappa shape index (κ2) is 7.66. The van der Waals surface area contributed by atoms with Crippen LogP contribution in [0.2, 0.25) is 0 Å². The minimum Gasteiger partial charge on any atom is -0.343 e. The molecule has 6 heteroatoms. The Hall–Kier alpha value is -1.40. The molecule has 2 N–H and O–H groups in total. The van der Waals surface area contributed by atoms with Gasteiger partial charge in [-0.1, -0.05) is 0 Å². The lowest BCUT2D eigenvalue weighted by Crippen LogP contribution is -2.42. The Kier molecular flexibility index (Phi) is 5.56. The predicted octanol–water partition coefficient (Wildman–Crippen LogP) is 1.68. The van der Waals surface area contributed by atoms with Crippen molar-refractivity contribution >= 4 is 5.91 Å². The smallest absolute Gasteiger partial charge is 0.271 e. The van der Waals surface area contributed by atoms with Gasteiger partial charge in [0.15, 0.2) is 0 Å². The Balaban J connectivity index is 1.49. The molecule has 3 rings (SSSR count). The Morgan fingerprint density at radius 2 is 2.08 bits per heavy atom. The van der Waals surface area contributed by atoms with E-state index in [4.69, 9.17) is 0 Å². The summed E-state index contributed by atoms with van der Waals surface area (Å²) in [5.74, 6) is 2.27. The average molecular weight is 333 g/mol. The van der Waals surface area contributed by atoms with Crippen LogP contribution in [0.4, 0.5) is 0 Å².